The van der Waals surface area contributed by atoms with Crippen LogP contribution >= 0.6 is 0 Å². The predicted octanol–water partition coefficient (Wildman–Crippen LogP) is 2.05. The van der Waals surface area contributed by atoms with Gasteiger partial charge in [-0.1, -0.05) is 19.1 Å². The molecule has 1 heterocycles. The standard InChI is InChI=1S/C10H11N3/c1-2-10-12-8-5-3-4-6-9(8)13(10)7-11/h3-7,11H,2H2,1H3. The first-order valence-corrected chi connectivity index (χ1v) is 4.33. The summed E-state index contributed by atoms with van der Waals surface area (Å²) in [7, 11) is 0. The van der Waals surface area contributed by atoms with Crippen LogP contribution in [-0.4, -0.2) is 15.9 Å². The van der Waals surface area contributed by atoms with Gasteiger partial charge in [-0.2, -0.15) is 0 Å². The van der Waals surface area contributed by atoms with Crippen LogP contribution in [0.3, 0.4) is 0 Å². The molecule has 0 saturated heterocycles. The van der Waals surface area contributed by atoms with Crippen LogP contribution in [0.4, 0.5) is 0 Å². The molecule has 0 saturated carbocycles. The van der Waals surface area contributed by atoms with Gasteiger partial charge in [0.1, 0.15) is 5.82 Å². The number of nitrogens with one attached hydrogen (secondary N) is 1. The summed E-state index contributed by atoms with van der Waals surface area (Å²) in [6, 6.07) is 7.87. The number of hydrogen-bond donors (Lipinski definition) is 1. The van der Waals surface area contributed by atoms with Crippen LogP contribution in [0.2, 0.25) is 0 Å². The topological polar surface area (TPSA) is 41.7 Å². The number of para-hydroxylation sites is 2. The van der Waals surface area contributed by atoms with E-state index < -0.39 is 0 Å². The molecule has 0 atom stereocenters. The van der Waals surface area contributed by atoms with Crippen LogP contribution < -0.4 is 0 Å². The van der Waals surface area contributed by atoms with Crippen molar-refractivity contribution in [2.24, 2.45) is 0 Å². The number of aryl methyl sites for hydroxylation is 1. The monoisotopic (exact) mass is 173 g/mol. The SMILES string of the molecule is CCc1nc2ccccc2n1C=N. The molecule has 1 N–H and O–H groups in total. The van der Waals surface area contributed by atoms with E-state index in [-0.39, 0.29) is 0 Å². The second kappa shape index (κ2) is 3.01. The molecule has 1 aromatic heterocycles. The Labute approximate surface area is 76.5 Å². The second-order valence-corrected chi connectivity index (χ2v) is 2.87. The fraction of sp³-hybridized carbons (Fsp3) is 0.200. The van der Waals surface area contributed by atoms with Gasteiger partial charge in [-0.05, 0) is 12.1 Å². The minimum atomic E-state index is 0.851. The summed E-state index contributed by atoms with van der Waals surface area (Å²) in [6.45, 7) is 2.04. The zero-order valence-corrected chi connectivity index (χ0v) is 7.49. The van der Waals surface area contributed by atoms with Gasteiger partial charge in [0.05, 0.1) is 17.4 Å². The number of aromatic nitrogens is 2. The predicted molar refractivity (Wildman–Crippen MR) is 53.3 cm³/mol. The molecule has 0 amide bonds. The third kappa shape index (κ3) is 1.13. The zero-order chi connectivity index (χ0) is 9.26. The highest BCUT2D eigenvalue weighted by Crippen LogP contribution is 2.14. The molecule has 2 rings (SSSR count). The number of imidazole rings is 1. The van der Waals surface area contributed by atoms with Gasteiger partial charge < -0.3 is 0 Å². The molecule has 0 bridgehead atoms. The largest absolute Gasteiger partial charge is 0.291 e. The highest BCUT2D eigenvalue weighted by atomic mass is 15.1. The molecule has 0 radical (unpaired) electrons. The van der Waals surface area contributed by atoms with Gasteiger partial charge in [-0.15, -0.1) is 0 Å². The zero-order valence-electron chi connectivity index (χ0n) is 7.49. The summed E-state index contributed by atoms with van der Waals surface area (Å²) in [5.74, 6) is 0.941. The summed E-state index contributed by atoms with van der Waals surface area (Å²) in [5.41, 5.74) is 1.97. The van der Waals surface area contributed by atoms with E-state index in [0.29, 0.717) is 0 Å². The van der Waals surface area contributed by atoms with Gasteiger partial charge in [-0.25, -0.2) is 4.98 Å². The Morgan fingerprint density at radius 3 is 2.92 bits per heavy atom. The van der Waals surface area contributed by atoms with Crippen molar-refractivity contribution < 1.29 is 0 Å². The normalized spacial score (nSPS) is 10.5. The smallest absolute Gasteiger partial charge is 0.114 e. The average Bonchev–Trinajstić information content (AvgIpc) is 2.55. The average molecular weight is 173 g/mol. The molecule has 0 spiro atoms. The molecule has 3 heteroatoms. The highest BCUT2D eigenvalue weighted by molar-refractivity contribution is 5.82. The maximum absolute atomic E-state index is 7.28. The van der Waals surface area contributed by atoms with E-state index in [1.54, 1.807) is 0 Å². The number of hydrogen-bond acceptors (Lipinski definition) is 2. The maximum Gasteiger partial charge on any atom is 0.114 e. The Morgan fingerprint density at radius 1 is 1.46 bits per heavy atom. The van der Waals surface area contributed by atoms with Crippen LogP contribution in [0.15, 0.2) is 24.3 Å². The van der Waals surface area contributed by atoms with E-state index in [9.17, 15) is 0 Å². The van der Waals surface area contributed by atoms with Gasteiger partial charge in [-0.3, -0.25) is 9.98 Å². The Kier molecular flexibility index (Phi) is 1.85. The van der Waals surface area contributed by atoms with E-state index in [4.69, 9.17) is 5.41 Å². The van der Waals surface area contributed by atoms with Crippen LogP contribution in [0.1, 0.15) is 12.7 Å². The van der Waals surface area contributed by atoms with Crippen molar-refractivity contribution in [1.82, 2.24) is 9.55 Å². The number of nitrogens with zero attached hydrogens (tertiary/aromatic N) is 2. The second-order valence-electron chi connectivity index (χ2n) is 2.87. The van der Waals surface area contributed by atoms with Crippen molar-refractivity contribution in [3.8, 4) is 0 Å². The number of rotatable bonds is 2. The summed E-state index contributed by atoms with van der Waals surface area (Å²) in [5, 5.41) is 7.28. The molecule has 0 aliphatic heterocycles. The van der Waals surface area contributed by atoms with Gasteiger partial charge >= 0.3 is 0 Å². The number of benzene rings is 1. The van der Waals surface area contributed by atoms with Crippen molar-refractivity contribution in [1.29, 1.82) is 5.41 Å². The molecular weight excluding hydrogens is 162 g/mol. The Morgan fingerprint density at radius 2 is 2.23 bits per heavy atom. The van der Waals surface area contributed by atoms with Crippen LogP contribution in [-0.2, 0) is 6.42 Å². The maximum atomic E-state index is 7.28. The Bertz CT molecular complexity index is 442. The lowest BCUT2D eigenvalue weighted by Crippen LogP contribution is -1.99. The van der Waals surface area contributed by atoms with Crippen molar-refractivity contribution in [2.45, 2.75) is 13.3 Å². The van der Waals surface area contributed by atoms with Crippen LogP contribution in [0.25, 0.3) is 11.0 Å². The fourth-order valence-electron chi connectivity index (χ4n) is 1.49. The first kappa shape index (κ1) is 7.98. The molecule has 0 fully saturated rings. The van der Waals surface area contributed by atoms with Crippen molar-refractivity contribution in [3.05, 3.63) is 30.1 Å². The lowest BCUT2D eigenvalue weighted by atomic mass is 10.3. The van der Waals surface area contributed by atoms with Crippen molar-refractivity contribution >= 4 is 17.4 Å². The summed E-state index contributed by atoms with van der Waals surface area (Å²) in [6.07, 6.45) is 2.16. The molecule has 2 aromatic rings. The molecule has 13 heavy (non-hydrogen) atoms. The van der Waals surface area contributed by atoms with E-state index in [2.05, 4.69) is 4.98 Å². The van der Waals surface area contributed by atoms with E-state index >= 15 is 0 Å². The number of fused-ring (bicyclic) bond motifs is 1. The van der Waals surface area contributed by atoms with Crippen LogP contribution in [0, 0.1) is 5.41 Å². The molecular formula is C10H11N3. The van der Waals surface area contributed by atoms with E-state index in [1.807, 2.05) is 35.8 Å². The molecule has 0 aliphatic carbocycles. The van der Waals surface area contributed by atoms with E-state index in [0.717, 1.165) is 23.3 Å². The van der Waals surface area contributed by atoms with E-state index in [1.165, 1.54) is 6.34 Å². The molecule has 0 aliphatic rings. The first-order chi connectivity index (χ1) is 6.36. The molecule has 0 unspecified atom stereocenters. The Balaban J connectivity index is 2.81. The minimum Gasteiger partial charge on any atom is -0.291 e. The summed E-state index contributed by atoms with van der Waals surface area (Å²) < 4.78 is 1.81. The third-order valence-corrected chi connectivity index (χ3v) is 2.11. The summed E-state index contributed by atoms with van der Waals surface area (Å²) >= 11 is 0. The van der Waals surface area contributed by atoms with Crippen LogP contribution in [0.5, 0.6) is 0 Å². The van der Waals surface area contributed by atoms with Crippen molar-refractivity contribution in [2.75, 3.05) is 0 Å². The highest BCUT2D eigenvalue weighted by Gasteiger charge is 2.05. The van der Waals surface area contributed by atoms with Gasteiger partial charge in [0.2, 0.25) is 0 Å². The Hall–Kier alpha value is -1.64. The molecule has 66 valence electrons. The summed E-state index contributed by atoms with van der Waals surface area (Å²) in [4.78, 5) is 4.41. The molecule has 3 nitrogen and oxygen atoms in total. The van der Waals surface area contributed by atoms with Crippen molar-refractivity contribution in [3.63, 3.8) is 0 Å². The fourth-order valence-corrected chi connectivity index (χ4v) is 1.49. The molecule has 1 aromatic carbocycles. The first-order valence-electron chi connectivity index (χ1n) is 4.33. The lowest BCUT2D eigenvalue weighted by Gasteiger charge is -1.97. The van der Waals surface area contributed by atoms with Gasteiger partial charge in [0, 0.05) is 6.42 Å². The quantitative estimate of drug-likeness (QED) is 0.548. The lowest BCUT2D eigenvalue weighted by molar-refractivity contribution is 0.946. The van der Waals surface area contributed by atoms with Gasteiger partial charge in [0.25, 0.3) is 0 Å². The third-order valence-electron chi connectivity index (χ3n) is 2.11. The minimum absolute atomic E-state index is 0.851. The van der Waals surface area contributed by atoms with Gasteiger partial charge in [0.15, 0.2) is 0 Å².